The van der Waals surface area contributed by atoms with E-state index in [2.05, 4.69) is 25.9 Å². The minimum Gasteiger partial charge on any atom is -0.382 e. The van der Waals surface area contributed by atoms with Gasteiger partial charge in [0.2, 0.25) is 5.91 Å². The lowest BCUT2D eigenvalue weighted by molar-refractivity contribution is -0.150. The summed E-state index contributed by atoms with van der Waals surface area (Å²) in [5.41, 5.74) is 1.02. The van der Waals surface area contributed by atoms with E-state index in [9.17, 15) is 27.6 Å². The predicted molar refractivity (Wildman–Crippen MR) is 139 cm³/mol. The summed E-state index contributed by atoms with van der Waals surface area (Å²) in [5.74, 6) is -0.151. The van der Waals surface area contributed by atoms with Gasteiger partial charge in [0.1, 0.15) is 23.6 Å². The maximum atomic E-state index is 13.8. The molecular weight excluding hydrogens is 559 g/mol. The molecule has 12 nitrogen and oxygen atoms in total. The van der Waals surface area contributed by atoms with Gasteiger partial charge in [-0.15, -0.1) is 0 Å². The van der Waals surface area contributed by atoms with Crippen LogP contribution in [0.1, 0.15) is 72.2 Å². The first-order valence-corrected chi connectivity index (χ1v) is 14.2. The van der Waals surface area contributed by atoms with Crippen molar-refractivity contribution in [3.05, 3.63) is 35.3 Å². The lowest BCUT2D eigenvalue weighted by atomic mass is 9.88. The first kappa shape index (κ1) is 28.4. The lowest BCUT2D eigenvalue weighted by Crippen LogP contribution is -2.50. The third kappa shape index (κ3) is 6.05. The number of amides is 4. The van der Waals surface area contributed by atoms with Crippen molar-refractivity contribution in [1.82, 2.24) is 30.8 Å². The van der Waals surface area contributed by atoms with Crippen molar-refractivity contribution in [1.29, 1.82) is 0 Å². The van der Waals surface area contributed by atoms with Gasteiger partial charge in [0.15, 0.2) is 5.69 Å². The van der Waals surface area contributed by atoms with Gasteiger partial charge < -0.3 is 25.6 Å². The minimum absolute atomic E-state index is 0.0600. The Labute approximate surface area is 239 Å². The van der Waals surface area contributed by atoms with E-state index in [0.717, 1.165) is 43.4 Å². The molecule has 0 aromatic carbocycles. The van der Waals surface area contributed by atoms with E-state index in [0.29, 0.717) is 23.1 Å². The van der Waals surface area contributed by atoms with Crippen LogP contribution in [0.4, 0.5) is 23.8 Å². The van der Waals surface area contributed by atoms with Crippen molar-refractivity contribution < 1.29 is 36.9 Å². The minimum atomic E-state index is -4.60. The van der Waals surface area contributed by atoms with Crippen molar-refractivity contribution >= 4 is 23.7 Å². The van der Waals surface area contributed by atoms with Crippen LogP contribution in [-0.4, -0.2) is 76.6 Å². The molecule has 1 saturated heterocycles. The molecule has 0 radical (unpaired) electrons. The van der Waals surface area contributed by atoms with Crippen molar-refractivity contribution in [2.75, 3.05) is 25.6 Å². The molecule has 3 heterocycles. The van der Waals surface area contributed by atoms with Gasteiger partial charge in [-0.2, -0.15) is 13.2 Å². The van der Waals surface area contributed by atoms with Crippen LogP contribution in [0.25, 0.3) is 0 Å². The molecule has 1 aliphatic heterocycles. The topological polar surface area (TPSA) is 152 Å². The maximum absolute atomic E-state index is 13.8. The number of halogens is 3. The summed E-state index contributed by atoms with van der Waals surface area (Å²) in [6.07, 6.45) is 2.50. The maximum Gasteiger partial charge on any atom is 0.410 e. The number of anilines is 1. The van der Waals surface area contributed by atoms with E-state index < -0.39 is 48.7 Å². The van der Waals surface area contributed by atoms with Gasteiger partial charge in [-0.1, -0.05) is 5.16 Å². The Bertz CT molecular complexity index is 1330. The number of rotatable bonds is 12. The van der Waals surface area contributed by atoms with Crippen LogP contribution in [-0.2, 0) is 9.53 Å². The fourth-order valence-electron chi connectivity index (χ4n) is 5.88. The van der Waals surface area contributed by atoms with Crippen molar-refractivity contribution in [2.45, 2.75) is 68.7 Å². The highest BCUT2D eigenvalue weighted by molar-refractivity contribution is 6.00. The summed E-state index contributed by atoms with van der Waals surface area (Å²) < 4.78 is 50.0. The Kier molecular flexibility index (Phi) is 7.53. The highest BCUT2D eigenvalue weighted by atomic mass is 19.4. The average molecular weight is 592 g/mol. The smallest absolute Gasteiger partial charge is 0.382 e. The Balaban J connectivity index is 1.21. The molecule has 4 aliphatic rings. The summed E-state index contributed by atoms with van der Waals surface area (Å²) in [5, 5.41) is 15.4. The molecule has 3 N–H and O–H groups in total. The predicted octanol–water partition coefficient (Wildman–Crippen LogP) is 3.16. The van der Waals surface area contributed by atoms with Gasteiger partial charge in [-0.25, -0.2) is 14.4 Å². The standard InChI is InChI=1S/C27H32F3N7O5/c1-41-12-17(37-11-18(27(28,29)30)32-26(37)40)16-8-9-31-19(10-16)33-24(38)22(20(13-2-3-13)14-4-5-14)34-25(39)23-21(15-6-7-15)35-42-36-23/h8-10,13-15,17-18,20,22H,2-7,11-12H2,1H3,(H,32,40)(H,34,39)(H,31,33,38)/t17-,18+,22+/m1/s1. The molecular formula is C27H32F3N7O5. The number of methoxy groups -OCH3 is 1. The molecule has 226 valence electrons. The number of carbonyl (C=O) groups is 3. The largest absolute Gasteiger partial charge is 0.410 e. The van der Waals surface area contributed by atoms with Gasteiger partial charge in [-0.3, -0.25) is 9.59 Å². The number of ether oxygens (including phenoxy) is 1. The molecule has 0 bridgehead atoms. The van der Waals surface area contributed by atoms with Crippen LogP contribution in [0.15, 0.2) is 23.0 Å². The zero-order chi connectivity index (χ0) is 29.6. The summed E-state index contributed by atoms with van der Waals surface area (Å²) in [7, 11) is 1.38. The number of alkyl halides is 3. The zero-order valence-corrected chi connectivity index (χ0v) is 22.9. The summed E-state index contributed by atoms with van der Waals surface area (Å²) in [6.45, 7) is -0.659. The van der Waals surface area contributed by atoms with Crippen molar-refractivity contribution in [2.24, 2.45) is 17.8 Å². The van der Waals surface area contributed by atoms with Crippen LogP contribution >= 0.6 is 0 Å². The molecule has 4 amide bonds. The molecule has 42 heavy (non-hydrogen) atoms. The second-order valence-electron chi connectivity index (χ2n) is 11.6. The van der Waals surface area contributed by atoms with Crippen LogP contribution in [0.5, 0.6) is 0 Å². The fourth-order valence-corrected chi connectivity index (χ4v) is 5.88. The molecule has 3 atom stereocenters. The highest BCUT2D eigenvalue weighted by Gasteiger charge is 2.50. The molecule has 3 aliphatic carbocycles. The van der Waals surface area contributed by atoms with Crippen LogP contribution in [0.3, 0.4) is 0 Å². The van der Waals surface area contributed by atoms with Gasteiger partial charge in [0.05, 0.1) is 19.2 Å². The molecule has 0 spiro atoms. The number of nitrogens with one attached hydrogen (secondary N) is 3. The molecule has 6 rings (SSSR count). The number of carbonyl (C=O) groups excluding carboxylic acids is 3. The third-order valence-corrected chi connectivity index (χ3v) is 8.43. The Morgan fingerprint density at radius 2 is 1.88 bits per heavy atom. The SMILES string of the molecule is COC[C@H](c1ccnc(NC(=O)[C@@H](NC(=O)c2nonc2C2CC2)C(C2CC2)C2CC2)c1)N1C[C@@H](C(F)(F)F)NC1=O. The van der Waals surface area contributed by atoms with E-state index in [4.69, 9.17) is 9.37 Å². The Morgan fingerprint density at radius 1 is 1.17 bits per heavy atom. The third-order valence-electron chi connectivity index (χ3n) is 8.43. The monoisotopic (exact) mass is 591 g/mol. The normalized spacial score (nSPS) is 22.2. The molecule has 4 fully saturated rings. The second kappa shape index (κ2) is 11.2. The first-order chi connectivity index (χ1) is 20.1. The summed E-state index contributed by atoms with van der Waals surface area (Å²) >= 11 is 0. The second-order valence-corrected chi connectivity index (χ2v) is 11.6. The van der Waals surface area contributed by atoms with Crippen LogP contribution in [0, 0.1) is 17.8 Å². The van der Waals surface area contributed by atoms with Crippen LogP contribution < -0.4 is 16.0 Å². The number of nitrogens with zero attached hydrogens (tertiary/aromatic N) is 4. The number of aromatic nitrogens is 3. The van der Waals surface area contributed by atoms with Gasteiger partial charge in [-0.05, 0) is 79.1 Å². The molecule has 15 heteroatoms. The fraction of sp³-hybridized carbons (Fsp3) is 0.630. The van der Waals surface area contributed by atoms with Gasteiger partial charge >= 0.3 is 12.2 Å². The van der Waals surface area contributed by atoms with Gasteiger partial charge in [0.25, 0.3) is 5.91 Å². The quantitative estimate of drug-likeness (QED) is 0.341. The zero-order valence-electron chi connectivity index (χ0n) is 22.9. The number of urea groups is 1. The molecule has 0 unspecified atom stereocenters. The first-order valence-electron chi connectivity index (χ1n) is 14.2. The van der Waals surface area contributed by atoms with E-state index in [1.807, 2.05) is 5.32 Å². The molecule has 2 aromatic heterocycles. The summed E-state index contributed by atoms with van der Waals surface area (Å²) in [6, 6.07) is -1.53. The Hall–Kier alpha value is -3.75. The highest BCUT2D eigenvalue weighted by Crippen LogP contribution is 2.51. The number of hydrogen-bond acceptors (Lipinski definition) is 8. The van der Waals surface area contributed by atoms with E-state index >= 15 is 0 Å². The van der Waals surface area contributed by atoms with Crippen molar-refractivity contribution in [3.8, 4) is 0 Å². The van der Waals surface area contributed by atoms with Crippen molar-refractivity contribution in [3.63, 3.8) is 0 Å². The lowest BCUT2D eigenvalue weighted by Gasteiger charge is -2.28. The Morgan fingerprint density at radius 3 is 2.48 bits per heavy atom. The summed E-state index contributed by atoms with van der Waals surface area (Å²) in [4.78, 5) is 44.8. The van der Waals surface area contributed by atoms with Crippen LogP contribution in [0.2, 0.25) is 0 Å². The molecule has 3 saturated carbocycles. The number of hydrogen-bond donors (Lipinski definition) is 3. The number of pyridine rings is 1. The van der Waals surface area contributed by atoms with E-state index in [1.165, 1.54) is 19.4 Å². The van der Waals surface area contributed by atoms with Gasteiger partial charge in [0, 0.05) is 19.2 Å². The van der Waals surface area contributed by atoms with E-state index in [1.54, 1.807) is 6.07 Å². The average Bonchev–Trinajstić information content (AvgIpc) is 3.86. The molecule has 2 aromatic rings. The van der Waals surface area contributed by atoms with E-state index in [-0.39, 0.29) is 30.0 Å².